The van der Waals surface area contributed by atoms with Crippen LogP contribution in [-0.4, -0.2) is 18.6 Å². The van der Waals surface area contributed by atoms with Crippen molar-refractivity contribution in [1.82, 2.24) is 10.3 Å². The summed E-state index contributed by atoms with van der Waals surface area (Å²) in [4.78, 5) is 6.16. The average Bonchev–Trinajstić information content (AvgIpc) is 2.95. The van der Waals surface area contributed by atoms with Gasteiger partial charge in [-0.2, -0.15) is 0 Å². The molecule has 1 N–H and O–H groups in total. The minimum Gasteiger partial charge on any atom is -0.374 e. The molecule has 0 spiro atoms. The Morgan fingerprint density at radius 1 is 1.24 bits per heavy atom. The van der Waals surface area contributed by atoms with Crippen molar-refractivity contribution >= 4 is 11.3 Å². The molecule has 114 valence electrons. The van der Waals surface area contributed by atoms with Crippen LogP contribution in [0.25, 0.3) is 11.3 Å². The molecule has 0 radical (unpaired) electrons. The first-order valence-electron chi connectivity index (χ1n) is 7.58. The molecule has 2 aromatic rings. The van der Waals surface area contributed by atoms with Gasteiger partial charge in [-0.3, -0.25) is 0 Å². The highest BCUT2D eigenvalue weighted by molar-refractivity contribution is 7.12. The number of rotatable bonds is 8. The third-order valence-electron chi connectivity index (χ3n) is 3.41. The summed E-state index contributed by atoms with van der Waals surface area (Å²) in [5.74, 6) is 0. The maximum absolute atomic E-state index is 5.61. The molecule has 21 heavy (non-hydrogen) atoms. The Labute approximate surface area is 131 Å². The van der Waals surface area contributed by atoms with Crippen molar-refractivity contribution in [3.8, 4) is 11.3 Å². The topological polar surface area (TPSA) is 34.1 Å². The Hall–Kier alpha value is -1.23. The van der Waals surface area contributed by atoms with E-state index in [9.17, 15) is 0 Å². The first-order chi connectivity index (χ1) is 10.3. The number of thiazole rings is 1. The summed E-state index contributed by atoms with van der Waals surface area (Å²) >= 11 is 1.77. The van der Waals surface area contributed by atoms with Gasteiger partial charge in [-0.05, 0) is 13.0 Å². The van der Waals surface area contributed by atoms with E-state index in [1.807, 2.05) is 6.07 Å². The van der Waals surface area contributed by atoms with Gasteiger partial charge in [-0.25, -0.2) is 4.98 Å². The van der Waals surface area contributed by atoms with Crippen LogP contribution in [0.15, 0.2) is 30.3 Å². The van der Waals surface area contributed by atoms with E-state index in [4.69, 9.17) is 9.72 Å². The van der Waals surface area contributed by atoms with Gasteiger partial charge in [0.15, 0.2) is 0 Å². The van der Waals surface area contributed by atoms with Crippen molar-refractivity contribution < 1.29 is 4.74 Å². The zero-order valence-electron chi connectivity index (χ0n) is 13.1. The lowest BCUT2D eigenvalue weighted by molar-refractivity contribution is 0.0948. The number of aromatic nitrogens is 1. The summed E-state index contributed by atoms with van der Waals surface area (Å²) in [6, 6.07) is 10.4. The SMILES string of the molecule is CCCC(OC)c1nc(-c2ccccc2)c(CNCC)s1. The largest absolute Gasteiger partial charge is 0.374 e. The van der Waals surface area contributed by atoms with Gasteiger partial charge in [0, 0.05) is 24.1 Å². The highest BCUT2D eigenvalue weighted by Crippen LogP contribution is 2.33. The Morgan fingerprint density at radius 2 is 2.00 bits per heavy atom. The number of hydrogen-bond acceptors (Lipinski definition) is 4. The molecule has 1 aromatic heterocycles. The van der Waals surface area contributed by atoms with E-state index < -0.39 is 0 Å². The minimum atomic E-state index is 0.109. The number of nitrogens with zero attached hydrogens (tertiary/aromatic N) is 1. The lowest BCUT2D eigenvalue weighted by Crippen LogP contribution is -2.11. The fourth-order valence-electron chi connectivity index (χ4n) is 2.29. The van der Waals surface area contributed by atoms with Crippen LogP contribution in [-0.2, 0) is 11.3 Å². The Balaban J connectivity index is 2.35. The molecule has 0 bridgehead atoms. The lowest BCUT2D eigenvalue weighted by atomic mass is 10.1. The second kappa shape index (κ2) is 8.27. The van der Waals surface area contributed by atoms with Crippen LogP contribution < -0.4 is 5.32 Å². The highest BCUT2D eigenvalue weighted by Gasteiger charge is 2.19. The van der Waals surface area contributed by atoms with E-state index in [0.29, 0.717) is 0 Å². The predicted molar refractivity (Wildman–Crippen MR) is 89.6 cm³/mol. The molecule has 3 nitrogen and oxygen atoms in total. The Bertz CT molecular complexity index is 539. The second-order valence-electron chi connectivity index (χ2n) is 4.98. The molecule has 2 rings (SSSR count). The summed E-state index contributed by atoms with van der Waals surface area (Å²) < 4.78 is 5.61. The standard InChI is InChI=1S/C17H24N2OS/c1-4-9-14(20-3)17-19-16(13-10-7-6-8-11-13)15(21-17)12-18-5-2/h6-8,10-11,14,18H,4-5,9,12H2,1-3H3. The zero-order valence-corrected chi connectivity index (χ0v) is 13.9. The van der Waals surface area contributed by atoms with Gasteiger partial charge in [0.05, 0.1) is 5.69 Å². The molecule has 1 unspecified atom stereocenters. The van der Waals surface area contributed by atoms with Crippen LogP contribution in [0.3, 0.4) is 0 Å². The van der Waals surface area contributed by atoms with Gasteiger partial charge < -0.3 is 10.1 Å². The lowest BCUT2D eigenvalue weighted by Gasteiger charge is -2.10. The van der Waals surface area contributed by atoms with Crippen molar-refractivity contribution in [3.63, 3.8) is 0 Å². The molecule has 4 heteroatoms. The molecule has 0 amide bonds. The maximum atomic E-state index is 5.61. The summed E-state index contributed by atoms with van der Waals surface area (Å²) in [7, 11) is 1.77. The number of hydrogen-bond donors (Lipinski definition) is 1. The van der Waals surface area contributed by atoms with Crippen LogP contribution in [0, 0.1) is 0 Å². The van der Waals surface area contributed by atoms with Crippen molar-refractivity contribution in [2.45, 2.75) is 39.3 Å². The van der Waals surface area contributed by atoms with Gasteiger partial charge >= 0.3 is 0 Å². The fourth-order valence-corrected chi connectivity index (χ4v) is 3.46. The summed E-state index contributed by atoms with van der Waals surface area (Å²) in [6.45, 7) is 6.13. The molecule has 0 aliphatic rings. The minimum absolute atomic E-state index is 0.109. The summed E-state index contributed by atoms with van der Waals surface area (Å²) in [5, 5.41) is 4.50. The van der Waals surface area contributed by atoms with Crippen LogP contribution in [0.5, 0.6) is 0 Å². The van der Waals surface area contributed by atoms with Crippen LogP contribution in [0.4, 0.5) is 0 Å². The first-order valence-corrected chi connectivity index (χ1v) is 8.40. The first kappa shape index (κ1) is 16.1. The molecular formula is C17H24N2OS. The molecule has 0 aliphatic carbocycles. The Morgan fingerprint density at radius 3 is 2.62 bits per heavy atom. The molecule has 0 fully saturated rings. The molecule has 1 aromatic carbocycles. The summed E-state index contributed by atoms with van der Waals surface area (Å²) in [6.07, 6.45) is 2.22. The van der Waals surface area contributed by atoms with E-state index >= 15 is 0 Å². The molecule has 1 heterocycles. The van der Waals surface area contributed by atoms with E-state index in [1.165, 1.54) is 10.4 Å². The van der Waals surface area contributed by atoms with Crippen molar-refractivity contribution in [2.24, 2.45) is 0 Å². The number of nitrogens with one attached hydrogen (secondary N) is 1. The smallest absolute Gasteiger partial charge is 0.123 e. The molecular weight excluding hydrogens is 280 g/mol. The van der Waals surface area contributed by atoms with Crippen LogP contribution >= 0.6 is 11.3 Å². The van der Waals surface area contributed by atoms with Crippen molar-refractivity contribution in [3.05, 3.63) is 40.2 Å². The second-order valence-corrected chi connectivity index (χ2v) is 6.10. The van der Waals surface area contributed by atoms with Gasteiger partial charge in [0.2, 0.25) is 0 Å². The van der Waals surface area contributed by atoms with E-state index in [1.54, 1.807) is 18.4 Å². The van der Waals surface area contributed by atoms with Crippen molar-refractivity contribution in [1.29, 1.82) is 0 Å². The maximum Gasteiger partial charge on any atom is 0.123 e. The van der Waals surface area contributed by atoms with E-state index in [0.717, 1.165) is 36.6 Å². The van der Waals surface area contributed by atoms with E-state index in [-0.39, 0.29) is 6.10 Å². The predicted octanol–water partition coefficient (Wildman–Crippen LogP) is 4.41. The average molecular weight is 304 g/mol. The fraction of sp³-hybridized carbons (Fsp3) is 0.471. The monoisotopic (exact) mass is 304 g/mol. The van der Waals surface area contributed by atoms with Crippen LogP contribution in [0.1, 0.15) is 42.7 Å². The molecule has 1 atom stereocenters. The molecule has 0 aliphatic heterocycles. The Kier molecular flexibility index (Phi) is 6.36. The third kappa shape index (κ3) is 4.13. The van der Waals surface area contributed by atoms with Gasteiger partial charge in [-0.15, -0.1) is 11.3 Å². The summed E-state index contributed by atoms with van der Waals surface area (Å²) in [5.41, 5.74) is 2.27. The number of ether oxygens (including phenoxy) is 1. The van der Waals surface area contributed by atoms with Crippen LogP contribution in [0.2, 0.25) is 0 Å². The van der Waals surface area contributed by atoms with E-state index in [2.05, 4.69) is 43.4 Å². The van der Waals surface area contributed by atoms with Gasteiger partial charge in [-0.1, -0.05) is 50.6 Å². The number of benzene rings is 1. The van der Waals surface area contributed by atoms with Gasteiger partial charge in [0.1, 0.15) is 11.1 Å². The number of methoxy groups -OCH3 is 1. The quantitative estimate of drug-likeness (QED) is 0.784. The molecule has 0 saturated heterocycles. The van der Waals surface area contributed by atoms with Gasteiger partial charge in [0.25, 0.3) is 0 Å². The van der Waals surface area contributed by atoms with Crippen molar-refractivity contribution in [2.75, 3.05) is 13.7 Å². The highest BCUT2D eigenvalue weighted by atomic mass is 32.1. The normalized spacial score (nSPS) is 12.5. The third-order valence-corrected chi connectivity index (χ3v) is 4.55. The molecule has 0 saturated carbocycles. The zero-order chi connectivity index (χ0) is 15.1.